The standard InChI is InChI=1S/C18H14Cl3N/c19-10-8-14-11-5-3-6-12(11)17(22-18(14)16(21)9-10)13-4-1-2-7-15(13)20/h1-5,7-9,11-12,17,22H,6H2/t11-,12-,17-/m1/s1. The first-order valence-electron chi connectivity index (χ1n) is 7.31. The molecule has 0 amide bonds. The maximum absolute atomic E-state index is 6.43. The summed E-state index contributed by atoms with van der Waals surface area (Å²) in [6, 6.07) is 12.0. The van der Waals surface area contributed by atoms with Crippen molar-refractivity contribution in [1.29, 1.82) is 0 Å². The van der Waals surface area contributed by atoms with Crippen LogP contribution in [0.1, 0.15) is 29.5 Å². The molecule has 112 valence electrons. The van der Waals surface area contributed by atoms with E-state index in [-0.39, 0.29) is 6.04 Å². The molecule has 1 heterocycles. The molecule has 0 fully saturated rings. The van der Waals surface area contributed by atoms with Crippen LogP contribution in [0.5, 0.6) is 0 Å². The molecule has 2 aliphatic rings. The SMILES string of the molecule is Clc1cc(Cl)c2c(c1)[C@@H]1C=CC[C@H]1[C@H](c1ccccc1Cl)N2. The Balaban J connectivity index is 1.86. The molecule has 0 bridgehead atoms. The zero-order valence-electron chi connectivity index (χ0n) is 11.7. The van der Waals surface area contributed by atoms with Gasteiger partial charge in [0.15, 0.2) is 0 Å². The second-order valence-corrected chi connectivity index (χ2v) is 7.10. The summed E-state index contributed by atoms with van der Waals surface area (Å²) in [4.78, 5) is 0. The smallest absolute Gasteiger partial charge is 0.0655 e. The molecule has 0 aromatic heterocycles. The van der Waals surface area contributed by atoms with Gasteiger partial charge >= 0.3 is 0 Å². The van der Waals surface area contributed by atoms with Crippen LogP contribution in [0.3, 0.4) is 0 Å². The zero-order valence-corrected chi connectivity index (χ0v) is 14.0. The Morgan fingerprint density at radius 3 is 2.59 bits per heavy atom. The van der Waals surface area contributed by atoms with Gasteiger partial charge in [-0.25, -0.2) is 0 Å². The molecule has 2 aromatic carbocycles. The summed E-state index contributed by atoms with van der Waals surface area (Å²) in [6.45, 7) is 0. The minimum Gasteiger partial charge on any atom is -0.376 e. The fraction of sp³-hybridized carbons (Fsp3) is 0.222. The Morgan fingerprint density at radius 1 is 0.955 bits per heavy atom. The van der Waals surface area contributed by atoms with E-state index in [2.05, 4.69) is 23.5 Å². The van der Waals surface area contributed by atoms with Gasteiger partial charge in [0.1, 0.15) is 0 Å². The van der Waals surface area contributed by atoms with Crippen molar-refractivity contribution in [1.82, 2.24) is 0 Å². The van der Waals surface area contributed by atoms with E-state index in [0.29, 0.717) is 21.9 Å². The lowest BCUT2D eigenvalue weighted by Crippen LogP contribution is -2.29. The lowest BCUT2D eigenvalue weighted by atomic mass is 9.77. The van der Waals surface area contributed by atoms with E-state index in [1.165, 1.54) is 5.56 Å². The van der Waals surface area contributed by atoms with Crippen LogP contribution >= 0.6 is 34.8 Å². The maximum Gasteiger partial charge on any atom is 0.0655 e. The molecule has 1 N–H and O–H groups in total. The van der Waals surface area contributed by atoms with Gasteiger partial charge in [0, 0.05) is 16.0 Å². The maximum atomic E-state index is 6.43. The second-order valence-electron chi connectivity index (χ2n) is 5.85. The summed E-state index contributed by atoms with van der Waals surface area (Å²) in [6.07, 6.45) is 5.53. The van der Waals surface area contributed by atoms with E-state index in [9.17, 15) is 0 Å². The van der Waals surface area contributed by atoms with E-state index in [0.717, 1.165) is 22.7 Å². The predicted octanol–water partition coefficient (Wildman–Crippen LogP) is 6.47. The average molecular weight is 351 g/mol. The highest BCUT2D eigenvalue weighted by molar-refractivity contribution is 6.36. The van der Waals surface area contributed by atoms with Crippen molar-refractivity contribution in [2.75, 3.05) is 5.32 Å². The number of hydrogen-bond donors (Lipinski definition) is 1. The van der Waals surface area contributed by atoms with E-state index in [4.69, 9.17) is 34.8 Å². The summed E-state index contributed by atoms with van der Waals surface area (Å²) in [5.41, 5.74) is 3.28. The first-order chi connectivity index (χ1) is 10.6. The van der Waals surface area contributed by atoms with Gasteiger partial charge in [-0.1, -0.05) is 65.2 Å². The second kappa shape index (κ2) is 5.49. The summed E-state index contributed by atoms with van der Waals surface area (Å²) in [5.74, 6) is 0.760. The lowest BCUT2D eigenvalue weighted by molar-refractivity contribution is 0.426. The monoisotopic (exact) mass is 349 g/mol. The largest absolute Gasteiger partial charge is 0.376 e. The zero-order chi connectivity index (χ0) is 15.3. The van der Waals surface area contributed by atoms with Gasteiger partial charge in [-0.15, -0.1) is 0 Å². The van der Waals surface area contributed by atoms with Crippen molar-refractivity contribution in [3.8, 4) is 0 Å². The molecule has 1 nitrogen and oxygen atoms in total. The normalized spacial score (nSPS) is 25.5. The van der Waals surface area contributed by atoms with Crippen LogP contribution in [0.25, 0.3) is 0 Å². The van der Waals surface area contributed by atoms with E-state index in [1.807, 2.05) is 24.3 Å². The quantitative estimate of drug-likeness (QED) is 0.581. The van der Waals surface area contributed by atoms with Crippen molar-refractivity contribution >= 4 is 40.5 Å². The molecule has 22 heavy (non-hydrogen) atoms. The van der Waals surface area contributed by atoms with Crippen molar-refractivity contribution < 1.29 is 0 Å². The van der Waals surface area contributed by atoms with Gasteiger partial charge in [0.05, 0.1) is 16.8 Å². The topological polar surface area (TPSA) is 12.0 Å². The van der Waals surface area contributed by atoms with Gasteiger partial charge in [0.25, 0.3) is 0 Å². The first-order valence-corrected chi connectivity index (χ1v) is 8.45. The fourth-order valence-electron chi connectivity index (χ4n) is 3.66. The molecule has 2 aromatic rings. The molecule has 0 saturated heterocycles. The van der Waals surface area contributed by atoms with Gasteiger partial charge in [-0.05, 0) is 41.7 Å². The number of hydrogen-bond acceptors (Lipinski definition) is 1. The Hall–Kier alpha value is -1.15. The van der Waals surface area contributed by atoms with Gasteiger partial charge in [-0.2, -0.15) is 0 Å². The van der Waals surface area contributed by atoms with Crippen LogP contribution in [0.15, 0.2) is 48.6 Å². The van der Waals surface area contributed by atoms with Crippen molar-refractivity contribution in [3.63, 3.8) is 0 Å². The number of allylic oxidation sites excluding steroid dienone is 2. The Kier molecular flexibility index (Phi) is 3.60. The summed E-state index contributed by atoms with van der Waals surface area (Å²) < 4.78 is 0. The third kappa shape index (κ3) is 2.23. The van der Waals surface area contributed by atoms with Crippen molar-refractivity contribution in [2.24, 2.45) is 5.92 Å². The predicted molar refractivity (Wildman–Crippen MR) is 94.3 cm³/mol. The number of benzene rings is 2. The molecule has 0 saturated carbocycles. The van der Waals surface area contributed by atoms with Crippen LogP contribution < -0.4 is 5.32 Å². The number of halogens is 3. The third-order valence-corrected chi connectivity index (χ3v) is 5.49. The van der Waals surface area contributed by atoms with E-state index >= 15 is 0 Å². The minimum atomic E-state index is 0.153. The molecular formula is C18H14Cl3N. The van der Waals surface area contributed by atoms with Crippen molar-refractivity contribution in [2.45, 2.75) is 18.4 Å². The van der Waals surface area contributed by atoms with Crippen LogP contribution in [-0.4, -0.2) is 0 Å². The molecule has 1 aliphatic heterocycles. The lowest BCUT2D eigenvalue weighted by Gasteiger charge is -2.38. The molecule has 0 radical (unpaired) electrons. The van der Waals surface area contributed by atoms with Crippen LogP contribution in [0, 0.1) is 5.92 Å². The fourth-order valence-corrected chi connectivity index (χ4v) is 4.47. The molecule has 4 heteroatoms. The van der Waals surface area contributed by atoms with E-state index in [1.54, 1.807) is 6.07 Å². The summed E-state index contributed by atoms with van der Waals surface area (Å²) in [7, 11) is 0. The Bertz CT molecular complexity index is 769. The molecule has 4 rings (SSSR count). The summed E-state index contributed by atoms with van der Waals surface area (Å²) >= 11 is 19.0. The van der Waals surface area contributed by atoms with Gasteiger partial charge < -0.3 is 5.32 Å². The van der Waals surface area contributed by atoms with Crippen LogP contribution in [0.4, 0.5) is 5.69 Å². The number of fused-ring (bicyclic) bond motifs is 3. The van der Waals surface area contributed by atoms with Gasteiger partial charge in [-0.3, -0.25) is 0 Å². The first kappa shape index (κ1) is 14.4. The van der Waals surface area contributed by atoms with Crippen LogP contribution in [0.2, 0.25) is 15.1 Å². The minimum absolute atomic E-state index is 0.153. The van der Waals surface area contributed by atoms with Crippen molar-refractivity contribution in [3.05, 3.63) is 74.7 Å². The molecular weight excluding hydrogens is 337 g/mol. The Morgan fingerprint density at radius 2 is 1.77 bits per heavy atom. The molecule has 3 atom stereocenters. The Labute approximate surface area is 144 Å². The number of nitrogens with one attached hydrogen (secondary N) is 1. The highest BCUT2D eigenvalue weighted by Gasteiger charge is 2.39. The molecule has 0 spiro atoms. The van der Waals surface area contributed by atoms with Gasteiger partial charge in [0.2, 0.25) is 0 Å². The van der Waals surface area contributed by atoms with Crippen LogP contribution in [-0.2, 0) is 0 Å². The molecule has 0 unspecified atom stereocenters. The highest BCUT2D eigenvalue weighted by Crippen LogP contribution is 2.52. The van der Waals surface area contributed by atoms with E-state index < -0.39 is 0 Å². The number of anilines is 1. The summed E-state index contributed by atoms with van der Waals surface area (Å²) in [5, 5.41) is 5.74. The third-order valence-electron chi connectivity index (χ3n) is 4.63. The highest BCUT2D eigenvalue weighted by atomic mass is 35.5. The average Bonchev–Trinajstić information content (AvgIpc) is 2.97. The molecule has 1 aliphatic carbocycles. The number of rotatable bonds is 1.